The van der Waals surface area contributed by atoms with Crippen LogP contribution in [0.1, 0.15) is 38.5 Å². The van der Waals surface area contributed by atoms with Crippen molar-refractivity contribution >= 4 is 49.9 Å². The van der Waals surface area contributed by atoms with E-state index in [0.29, 0.717) is 28.9 Å². The van der Waals surface area contributed by atoms with Crippen LogP contribution in [0.4, 0.5) is 0 Å². The molecule has 2 aliphatic rings. The van der Waals surface area contributed by atoms with Crippen molar-refractivity contribution in [3.05, 3.63) is 70.7 Å². The standard InChI is InChI=1S/C28H30Cl2N2O4S/c29-26-12-10-24(18-27(26)30)36-23-13-15-32(16-14-23)22-8-5-20(6-9-22)28(33)31-37(34,35)25-11-7-19-3-1-2-4-21(19)17-25/h1-4,7,10-12,17-18,20,22-23H,5-6,8-9,13-16H2,(H,31,33). The molecule has 2 fully saturated rings. The average Bonchev–Trinajstić information content (AvgIpc) is 2.91. The summed E-state index contributed by atoms with van der Waals surface area (Å²) in [6, 6.07) is 18.2. The number of nitrogens with one attached hydrogen (secondary N) is 1. The van der Waals surface area contributed by atoms with Crippen molar-refractivity contribution in [2.24, 2.45) is 5.92 Å². The summed E-state index contributed by atoms with van der Waals surface area (Å²) in [6.07, 6.45) is 5.11. The molecule has 1 aliphatic heterocycles. The maximum absolute atomic E-state index is 12.9. The van der Waals surface area contributed by atoms with Crippen molar-refractivity contribution in [2.75, 3.05) is 13.1 Å². The minimum Gasteiger partial charge on any atom is -0.490 e. The number of hydrogen-bond donors (Lipinski definition) is 1. The van der Waals surface area contributed by atoms with Crippen LogP contribution in [0.25, 0.3) is 10.8 Å². The number of fused-ring (bicyclic) bond motifs is 1. The minimum absolute atomic E-state index is 0.110. The van der Waals surface area contributed by atoms with Gasteiger partial charge in [0.05, 0.1) is 14.9 Å². The molecule has 1 amide bonds. The van der Waals surface area contributed by atoms with Crippen molar-refractivity contribution in [3.63, 3.8) is 0 Å². The second-order valence-corrected chi connectivity index (χ2v) is 12.4. The Labute approximate surface area is 227 Å². The SMILES string of the molecule is O=C(NS(=O)(=O)c1ccc2ccccc2c1)C1CCC(N2CCC(Oc3ccc(Cl)c(Cl)c3)CC2)CC1. The largest absolute Gasteiger partial charge is 0.490 e. The zero-order chi connectivity index (χ0) is 26.0. The van der Waals surface area contributed by atoms with Crippen LogP contribution in [0, 0.1) is 5.92 Å². The first-order valence-electron chi connectivity index (χ1n) is 12.7. The third-order valence-corrected chi connectivity index (χ3v) is 9.60. The Bertz CT molecular complexity index is 1380. The summed E-state index contributed by atoms with van der Waals surface area (Å²) in [7, 11) is -3.91. The number of likely N-dealkylation sites (tertiary alicyclic amines) is 1. The summed E-state index contributed by atoms with van der Waals surface area (Å²) in [6.45, 7) is 1.87. The highest BCUT2D eigenvalue weighted by Crippen LogP contribution is 2.32. The normalized spacial score (nSPS) is 21.6. The number of halogens is 2. The molecule has 1 heterocycles. The Morgan fingerprint density at radius 1 is 0.838 bits per heavy atom. The molecule has 1 saturated heterocycles. The van der Waals surface area contributed by atoms with Gasteiger partial charge in [-0.15, -0.1) is 0 Å². The number of nitrogens with zero attached hydrogens (tertiary/aromatic N) is 1. The maximum Gasteiger partial charge on any atom is 0.264 e. The molecule has 196 valence electrons. The number of piperidine rings is 1. The van der Waals surface area contributed by atoms with Crippen LogP contribution in [-0.2, 0) is 14.8 Å². The number of benzene rings is 3. The molecule has 3 aromatic carbocycles. The lowest BCUT2D eigenvalue weighted by molar-refractivity contribution is -0.124. The van der Waals surface area contributed by atoms with Gasteiger partial charge in [0.25, 0.3) is 10.0 Å². The molecule has 1 N–H and O–H groups in total. The third-order valence-electron chi connectivity index (χ3n) is 7.52. The topological polar surface area (TPSA) is 75.7 Å². The number of hydrogen-bond acceptors (Lipinski definition) is 5. The molecular formula is C28H30Cl2N2O4S. The second-order valence-electron chi connectivity index (χ2n) is 9.91. The van der Waals surface area contributed by atoms with E-state index in [9.17, 15) is 13.2 Å². The lowest BCUT2D eigenvalue weighted by Crippen LogP contribution is -2.46. The molecular weight excluding hydrogens is 531 g/mol. The van der Waals surface area contributed by atoms with Crippen molar-refractivity contribution in [2.45, 2.75) is 55.6 Å². The van der Waals surface area contributed by atoms with Gasteiger partial charge in [0.1, 0.15) is 11.9 Å². The number of ether oxygens (including phenoxy) is 1. The second kappa shape index (κ2) is 11.2. The summed E-state index contributed by atoms with van der Waals surface area (Å²) >= 11 is 12.1. The average molecular weight is 562 g/mol. The van der Waals surface area contributed by atoms with Crippen LogP contribution in [0.2, 0.25) is 10.0 Å². The molecule has 1 aliphatic carbocycles. The molecule has 0 radical (unpaired) electrons. The van der Waals surface area contributed by atoms with E-state index in [1.807, 2.05) is 30.3 Å². The van der Waals surface area contributed by atoms with Gasteiger partial charge in [-0.25, -0.2) is 13.1 Å². The Morgan fingerprint density at radius 3 is 2.24 bits per heavy atom. The fraction of sp³-hybridized carbons (Fsp3) is 0.393. The van der Waals surface area contributed by atoms with Crippen LogP contribution in [0.3, 0.4) is 0 Å². The van der Waals surface area contributed by atoms with Crippen LogP contribution in [0.5, 0.6) is 5.75 Å². The number of amides is 1. The van der Waals surface area contributed by atoms with E-state index in [0.717, 1.165) is 55.3 Å². The van der Waals surface area contributed by atoms with Crippen molar-refractivity contribution < 1.29 is 17.9 Å². The summed E-state index contributed by atoms with van der Waals surface area (Å²) in [5, 5.41) is 2.78. The van der Waals surface area contributed by atoms with Gasteiger partial charge in [-0.05, 0) is 73.6 Å². The van der Waals surface area contributed by atoms with E-state index in [-0.39, 0.29) is 16.9 Å². The van der Waals surface area contributed by atoms with Crippen LogP contribution >= 0.6 is 23.2 Å². The van der Waals surface area contributed by atoms with Gasteiger partial charge >= 0.3 is 0 Å². The van der Waals surface area contributed by atoms with Gasteiger partial charge in [-0.2, -0.15) is 0 Å². The van der Waals surface area contributed by atoms with E-state index >= 15 is 0 Å². The molecule has 0 spiro atoms. The van der Waals surface area contributed by atoms with Crippen LogP contribution in [0.15, 0.2) is 65.6 Å². The van der Waals surface area contributed by atoms with E-state index in [1.54, 1.807) is 30.3 Å². The van der Waals surface area contributed by atoms with Gasteiger partial charge in [-0.1, -0.05) is 53.5 Å². The zero-order valence-electron chi connectivity index (χ0n) is 20.4. The molecule has 1 saturated carbocycles. The number of sulfonamides is 1. The first-order chi connectivity index (χ1) is 17.8. The molecule has 37 heavy (non-hydrogen) atoms. The Kier molecular flexibility index (Phi) is 7.96. The Morgan fingerprint density at radius 2 is 1.54 bits per heavy atom. The maximum atomic E-state index is 12.9. The molecule has 9 heteroatoms. The highest BCUT2D eigenvalue weighted by molar-refractivity contribution is 7.90. The fourth-order valence-corrected chi connectivity index (χ4v) is 6.78. The molecule has 3 aromatic rings. The highest BCUT2D eigenvalue weighted by Gasteiger charge is 2.33. The van der Waals surface area contributed by atoms with Crippen molar-refractivity contribution in [3.8, 4) is 5.75 Å². The quantitative estimate of drug-likeness (QED) is 0.397. The third kappa shape index (κ3) is 6.23. The molecule has 0 unspecified atom stereocenters. The molecule has 0 aromatic heterocycles. The lowest BCUT2D eigenvalue weighted by atomic mass is 9.84. The first-order valence-corrected chi connectivity index (χ1v) is 14.9. The Hall–Kier alpha value is -2.32. The lowest BCUT2D eigenvalue weighted by Gasteiger charge is -2.40. The number of rotatable bonds is 6. The predicted octanol–water partition coefficient (Wildman–Crippen LogP) is 6.05. The Balaban J connectivity index is 1.10. The zero-order valence-corrected chi connectivity index (χ0v) is 22.7. The summed E-state index contributed by atoms with van der Waals surface area (Å²) in [5.74, 6) is 0.0420. The van der Waals surface area contributed by atoms with Crippen molar-refractivity contribution in [1.29, 1.82) is 0 Å². The molecule has 0 bridgehead atoms. The van der Waals surface area contributed by atoms with Gasteiger partial charge < -0.3 is 9.64 Å². The summed E-state index contributed by atoms with van der Waals surface area (Å²) in [4.78, 5) is 15.4. The van der Waals surface area contributed by atoms with E-state index < -0.39 is 15.9 Å². The monoisotopic (exact) mass is 560 g/mol. The smallest absolute Gasteiger partial charge is 0.264 e. The predicted molar refractivity (Wildman–Crippen MR) is 147 cm³/mol. The molecule has 5 rings (SSSR count). The van der Waals surface area contributed by atoms with E-state index in [4.69, 9.17) is 27.9 Å². The number of carbonyl (C=O) groups is 1. The van der Waals surface area contributed by atoms with Gasteiger partial charge in [0.15, 0.2) is 0 Å². The highest BCUT2D eigenvalue weighted by atomic mass is 35.5. The van der Waals surface area contributed by atoms with Gasteiger partial charge in [-0.3, -0.25) is 4.79 Å². The van der Waals surface area contributed by atoms with Crippen LogP contribution < -0.4 is 9.46 Å². The number of carbonyl (C=O) groups excluding carboxylic acids is 1. The molecule has 6 nitrogen and oxygen atoms in total. The van der Waals surface area contributed by atoms with Gasteiger partial charge in [0.2, 0.25) is 5.91 Å². The van der Waals surface area contributed by atoms with E-state index in [2.05, 4.69) is 9.62 Å². The van der Waals surface area contributed by atoms with E-state index in [1.165, 1.54) is 0 Å². The van der Waals surface area contributed by atoms with Crippen LogP contribution in [-0.4, -0.2) is 44.5 Å². The summed E-state index contributed by atoms with van der Waals surface area (Å²) < 4.78 is 34.2. The molecule has 0 atom stereocenters. The fourth-order valence-electron chi connectivity index (χ4n) is 5.41. The first kappa shape index (κ1) is 26.3. The van der Waals surface area contributed by atoms with Gasteiger partial charge in [0, 0.05) is 31.1 Å². The summed E-state index contributed by atoms with van der Waals surface area (Å²) in [5.41, 5.74) is 0. The van der Waals surface area contributed by atoms with Crippen molar-refractivity contribution in [1.82, 2.24) is 9.62 Å². The minimum atomic E-state index is -3.91.